The molecule has 2 heterocycles. The number of nitrogens with zero attached hydrogens (tertiary/aromatic N) is 1. The molecule has 2 N–H and O–H groups in total. The summed E-state index contributed by atoms with van der Waals surface area (Å²) in [6.07, 6.45) is 3.82. The van der Waals surface area contributed by atoms with E-state index in [1.807, 2.05) is 18.2 Å². The predicted octanol–water partition coefficient (Wildman–Crippen LogP) is 3.94. The van der Waals surface area contributed by atoms with Gasteiger partial charge in [0.25, 0.3) is 0 Å². The first-order chi connectivity index (χ1) is 13.1. The Morgan fingerprint density at radius 1 is 1.15 bits per heavy atom. The van der Waals surface area contributed by atoms with E-state index in [9.17, 15) is 10.2 Å². The summed E-state index contributed by atoms with van der Waals surface area (Å²) >= 11 is 0. The summed E-state index contributed by atoms with van der Waals surface area (Å²) in [6.45, 7) is 4.44. The second-order valence-electron chi connectivity index (χ2n) is 7.42. The summed E-state index contributed by atoms with van der Waals surface area (Å²) < 4.78 is 11.2. The van der Waals surface area contributed by atoms with E-state index < -0.39 is 0 Å². The summed E-state index contributed by atoms with van der Waals surface area (Å²) in [4.78, 5) is 2.41. The quantitative estimate of drug-likeness (QED) is 0.782. The maximum Gasteiger partial charge on any atom is 0.165 e. The number of hydrogen-bond donors (Lipinski definition) is 2. The Morgan fingerprint density at radius 3 is 2.78 bits per heavy atom. The monoisotopic (exact) mass is 369 g/mol. The molecule has 2 aliphatic rings. The van der Waals surface area contributed by atoms with Crippen molar-refractivity contribution in [3.63, 3.8) is 0 Å². The van der Waals surface area contributed by atoms with Crippen molar-refractivity contribution >= 4 is 0 Å². The molecule has 0 saturated heterocycles. The highest BCUT2D eigenvalue weighted by molar-refractivity contribution is 5.54. The normalized spacial score (nSPS) is 18.4. The molecule has 0 bridgehead atoms. The van der Waals surface area contributed by atoms with Crippen LogP contribution in [0.2, 0.25) is 0 Å². The van der Waals surface area contributed by atoms with Crippen LogP contribution >= 0.6 is 0 Å². The van der Waals surface area contributed by atoms with Gasteiger partial charge in [-0.05, 0) is 54.2 Å². The van der Waals surface area contributed by atoms with Crippen LogP contribution in [0.15, 0.2) is 24.3 Å². The summed E-state index contributed by atoms with van der Waals surface area (Å²) in [6, 6.07) is 7.83. The van der Waals surface area contributed by atoms with E-state index in [1.165, 1.54) is 16.7 Å². The van der Waals surface area contributed by atoms with Crippen molar-refractivity contribution < 1.29 is 19.7 Å². The molecule has 0 saturated carbocycles. The Bertz CT molecular complexity index is 849. The van der Waals surface area contributed by atoms with Gasteiger partial charge in [0.1, 0.15) is 0 Å². The van der Waals surface area contributed by atoms with Gasteiger partial charge in [-0.3, -0.25) is 4.90 Å². The minimum Gasteiger partial charge on any atom is -0.504 e. The second kappa shape index (κ2) is 7.31. The molecule has 2 aliphatic heterocycles. The molecule has 2 aromatic carbocycles. The molecule has 0 amide bonds. The van der Waals surface area contributed by atoms with Crippen molar-refractivity contribution in [2.24, 2.45) is 0 Å². The van der Waals surface area contributed by atoms with Crippen molar-refractivity contribution in [1.29, 1.82) is 0 Å². The molecule has 5 nitrogen and oxygen atoms in total. The molecular weight excluding hydrogens is 342 g/mol. The van der Waals surface area contributed by atoms with E-state index in [2.05, 4.69) is 11.8 Å². The van der Waals surface area contributed by atoms with Crippen molar-refractivity contribution in [1.82, 2.24) is 4.90 Å². The van der Waals surface area contributed by atoms with Crippen LogP contribution in [0.5, 0.6) is 23.0 Å². The van der Waals surface area contributed by atoms with Gasteiger partial charge in [-0.2, -0.15) is 0 Å². The number of unbranched alkanes of at least 4 members (excludes halogenated alkanes) is 1. The Kier molecular flexibility index (Phi) is 4.87. The van der Waals surface area contributed by atoms with Crippen LogP contribution in [0, 0.1) is 0 Å². The largest absolute Gasteiger partial charge is 0.504 e. The lowest BCUT2D eigenvalue weighted by Gasteiger charge is -2.42. The minimum atomic E-state index is 0.193. The zero-order valence-corrected chi connectivity index (χ0v) is 16.0. The third kappa shape index (κ3) is 3.21. The van der Waals surface area contributed by atoms with Crippen LogP contribution in [-0.2, 0) is 19.4 Å². The van der Waals surface area contributed by atoms with Gasteiger partial charge in [-0.15, -0.1) is 0 Å². The van der Waals surface area contributed by atoms with Gasteiger partial charge in [-0.25, -0.2) is 0 Å². The van der Waals surface area contributed by atoms with Crippen molar-refractivity contribution in [2.75, 3.05) is 20.3 Å². The highest BCUT2D eigenvalue weighted by Crippen LogP contribution is 2.45. The molecule has 0 fully saturated rings. The fourth-order valence-electron chi connectivity index (χ4n) is 4.30. The summed E-state index contributed by atoms with van der Waals surface area (Å²) in [5.41, 5.74) is 4.71. The van der Waals surface area contributed by atoms with Crippen LogP contribution in [0.25, 0.3) is 0 Å². The molecule has 0 aromatic heterocycles. The topological polar surface area (TPSA) is 62.2 Å². The number of fused-ring (bicyclic) bond motifs is 4. The molecule has 27 heavy (non-hydrogen) atoms. The number of phenols is 2. The zero-order chi connectivity index (χ0) is 19.0. The van der Waals surface area contributed by atoms with Crippen LogP contribution in [0.4, 0.5) is 0 Å². The van der Waals surface area contributed by atoms with E-state index in [0.29, 0.717) is 18.1 Å². The number of ether oxygens (including phenoxy) is 2. The number of hydrogen-bond acceptors (Lipinski definition) is 5. The van der Waals surface area contributed by atoms with E-state index in [4.69, 9.17) is 9.47 Å². The van der Waals surface area contributed by atoms with Crippen molar-refractivity contribution in [3.05, 3.63) is 46.5 Å². The first-order valence-corrected chi connectivity index (χ1v) is 9.72. The molecule has 1 atom stereocenters. The van der Waals surface area contributed by atoms with Gasteiger partial charge in [0.15, 0.2) is 23.0 Å². The van der Waals surface area contributed by atoms with Crippen LogP contribution in [0.3, 0.4) is 0 Å². The molecule has 5 heteroatoms. The lowest BCUT2D eigenvalue weighted by molar-refractivity contribution is 0.157. The first kappa shape index (κ1) is 18.0. The zero-order valence-electron chi connectivity index (χ0n) is 16.0. The maximum absolute atomic E-state index is 10.5. The Hall–Kier alpha value is -2.40. The van der Waals surface area contributed by atoms with Gasteiger partial charge in [-0.1, -0.05) is 19.4 Å². The molecule has 0 aliphatic carbocycles. The fraction of sp³-hybridized carbons (Fsp3) is 0.455. The van der Waals surface area contributed by atoms with Crippen molar-refractivity contribution in [3.8, 4) is 23.0 Å². The highest BCUT2D eigenvalue weighted by Gasteiger charge is 2.34. The van der Waals surface area contributed by atoms with Crippen LogP contribution in [0.1, 0.15) is 48.1 Å². The average molecular weight is 369 g/mol. The Morgan fingerprint density at radius 2 is 2.00 bits per heavy atom. The molecular formula is C22H27NO4. The second-order valence-corrected chi connectivity index (χ2v) is 7.42. The average Bonchev–Trinajstić information content (AvgIpc) is 2.67. The fourth-order valence-corrected chi connectivity index (χ4v) is 4.30. The Balaban J connectivity index is 1.65. The molecule has 0 spiro atoms. The number of methoxy groups -OCH3 is 1. The maximum atomic E-state index is 10.5. The lowest BCUT2D eigenvalue weighted by Crippen LogP contribution is -2.39. The van der Waals surface area contributed by atoms with Crippen LogP contribution < -0.4 is 9.47 Å². The number of benzene rings is 2. The minimum absolute atomic E-state index is 0.193. The Labute approximate surface area is 160 Å². The predicted molar refractivity (Wildman–Crippen MR) is 104 cm³/mol. The summed E-state index contributed by atoms with van der Waals surface area (Å²) in [7, 11) is 1.60. The standard InChI is InChI=1S/C22H27NO4/c1-3-4-9-27-21-11-15-7-8-23-13-17-14(5-6-19(24)22(17)26-2)10-18(23)16(15)12-20(21)25/h5-6,11-12,18,24-25H,3-4,7-10,13H2,1-2H3/t18-/m0/s1. The molecule has 2 aromatic rings. The van der Waals surface area contributed by atoms with Gasteiger partial charge < -0.3 is 19.7 Å². The number of aromatic hydroxyl groups is 2. The third-order valence-electron chi connectivity index (χ3n) is 5.76. The van der Waals surface area contributed by atoms with Gasteiger partial charge in [0, 0.05) is 24.7 Å². The van der Waals surface area contributed by atoms with E-state index in [1.54, 1.807) is 13.2 Å². The van der Waals surface area contributed by atoms with E-state index in [0.717, 1.165) is 44.3 Å². The summed E-state index contributed by atoms with van der Waals surface area (Å²) in [5.74, 6) is 1.59. The van der Waals surface area contributed by atoms with Crippen molar-refractivity contribution in [2.45, 2.75) is 45.2 Å². The molecule has 0 unspecified atom stereocenters. The lowest BCUT2D eigenvalue weighted by atomic mass is 9.83. The SMILES string of the molecule is CCCCOc1cc2c(cc1O)[C@@H]1Cc3ccc(O)c(OC)c3CN1CC2. The van der Waals surface area contributed by atoms with E-state index >= 15 is 0 Å². The van der Waals surface area contributed by atoms with Gasteiger partial charge >= 0.3 is 0 Å². The molecule has 144 valence electrons. The molecule has 4 rings (SSSR count). The smallest absolute Gasteiger partial charge is 0.165 e. The van der Waals surface area contributed by atoms with E-state index in [-0.39, 0.29) is 17.5 Å². The first-order valence-electron chi connectivity index (χ1n) is 9.72. The summed E-state index contributed by atoms with van der Waals surface area (Å²) in [5, 5.41) is 20.6. The third-order valence-corrected chi connectivity index (χ3v) is 5.76. The van der Waals surface area contributed by atoms with Gasteiger partial charge in [0.2, 0.25) is 0 Å². The number of phenolic OH excluding ortho intramolecular Hbond substituents is 2. The number of rotatable bonds is 5. The highest BCUT2D eigenvalue weighted by atomic mass is 16.5. The molecule has 0 radical (unpaired) electrons. The van der Waals surface area contributed by atoms with Crippen LogP contribution in [-0.4, -0.2) is 35.4 Å². The van der Waals surface area contributed by atoms with Gasteiger partial charge in [0.05, 0.1) is 13.7 Å².